The van der Waals surface area contributed by atoms with E-state index >= 15 is 0 Å². The van der Waals surface area contributed by atoms with E-state index in [-0.39, 0.29) is 18.4 Å². The maximum Gasteiger partial charge on any atom is 0.240 e. The largest absolute Gasteiger partial charge is 0.355 e. The second kappa shape index (κ2) is 8.68. The molecule has 0 radical (unpaired) electrons. The number of amides is 2. The second-order valence-corrected chi connectivity index (χ2v) is 7.94. The zero-order valence-corrected chi connectivity index (χ0v) is 15.3. The van der Waals surface area contributed by atoms with Crippen LogP contribution in [0.1, 0.15) is 27.2 Å². The van der Waals surface area contributed by atoms with Crippen molar-refractivity contribution in [2.45, 2.75) is 27.2 Å². The van der Waals surface area contributed by atoms with Crippen LogP contribution in [0.3, 0.4) is 0 Å². The summed E-state index contributed by atoms with van der Waals surface area (Å²) in [5.74, 6) is -0.180. The van der Waals surface area contributed by atoms with Gasteiger partial charge in [-0.25, -0.2) is 8.42 Å². The van der Waals surface area contributed by atoms with E-state index in [4.69, 9.17) is 0 Å². The molecule has 2 amide bonds. The van der Waals surface area contributed by atoms with Gasteiger partial charge < -0.3 is 10.6 Å². The molecule has 0 aliphatic carbocycles. The Hall–Kier alpha value is -2.09. The van der Waals surface area contributed by atoms with Gasteiger partial charge in [0.05, 0.1) is 11.9 Å². The summed E-state index contributed by atoms with van der Waals surface area (Å²) in [6, 6.07) is 6.36. The monoisotopic (exact) mass is 355 g/mol. The Bertz CT molecular complexity index is 686. The number of sulfonamides is 1. The molecule has 0 aliphatic rings. The van der Waals surface area contributed by atoms with Gasteiger partial charge in [0.2, 0.25) is 21.8 Å². The van der Waals surface area contributed by atoms with Gasteiger partial charge in [-0.1, -0.05) is 19.9 Å². The van der Waals surface area contributed by atoms with Crippen molar-refractivity contribution in [3.8, 4) is 0 Å². The Morgan fingerprint density at radius 1 is 1.25 bits per heavy atom. The third kappa shape index (κ3) is 6.99. The Morgan fingerprint density at radius 2 is 1.92 bits per heavy atom. The fourth-order valence-corrected chi connectivity index (χ4v) is 2.88. The van der Waals surface area contributed by atoms with Crippen molar-refractivity contribution in [1.29, 1.82) is 0 Å². The van der Waals surface area contributed by atoms with E-state index in [2.05, 4.69) is 10.6 Å². The summed E-state index contributed by atoms with van der Waals surface area (Å²) in [4.78, 5) is 23.2. The molecule has 1 aromatic rings. The highest BCUT2D eigenvalue weighted by molar-refractivity contribution is 7.92. The van der Waals surface area contributed by atoms with Crippen LogP contribution in [0.2, 0.25) is 0 Å². The van der Waals surface area contributed by atoms with Crippen molar-refractivity contribution in [2.75, 3.05) is 29.0 Å². The summed E-state index contributed by atoms with van der Waals surface area (Å²) in [6.45, 7) is 5.65. The predicted octanol–water partition coefficient (Wildman–Crippen LogP) is 1.57. The molecule has 7 nitrogen and oxygen atoms in total. The second-order valence-electron chi connectivity index (χ2n) is 6.03. The molecular formula is C16H25N3O4S. The van der Waals surface area contributed by atoms with E-state index < -0.39 is 10.0 Å². The number of hydrogen-bond acceptors (Lipinski definition) is 4. The third-order valence-electron chi connectivity index (χ3n) is 3.19. The van der Waals surface area contributed by atoms with Crippen LogP contribution in [0.15, 0.2) is 24.3 Å². The summed E-state index contributed by atoms with van der Waals surface area (Å²) >= 11 is 0. The molecule has 0 heterocycles. The Labute approximate surface area is 143 Å². The molecular weight excluding hydrogens is 330 g/mol. The standard InChI is InChI=1S/C16H25N3O4S/c1-12(2)8-9-17-16(21)11-19(24(4,22)23)15-7-5-6-14(10-15)18-13(3)20/h5-7,10,12H,8-9,11H2,1-4H3,(H,17,21)(H,18,20). The van der Waals surface area contributed by atoms with Crippen LogP contribution in [0.25, 0.3) is 0 Å². The van der Waals surface area contributed by atoms with E-state index in [9.17, 15) is 18.0 Å². The molecule has 1 rings (SSSR count). The molecule has 0 aromatic heterocycles. The van der Waals surface area contributed by atoms with Gasteiger partial charge in [-0.05, 0) is 30.5 Å². The van der Waals surface area contributed by atoms with E-state index in [1.54, 1.807) is 18.2 Å². The van der Waals surface area contributed by atoms with Crippen LogP contribution in [0, 0.1) is 5.92 Å². The Balaban J connectivity index is 2.91. The predicted molar refractivity (Wildman–Crippen MR) is 95.4 cm³/mol. The van der Waals surface area contributed by atoms with Crippen LogP contribution in [-0.4, -0.2) is 39.6 Å². The van der Waals surface area contributed by atoms with Crippen LogP contribution >= 0.6 is 0 Å². The van der Waals surface area contributed by atoms with Gasteiger partial charge in [0.25, 0.3) is 0 Å². The topological polar surface area (TPSA) is 95.6 Å². The maximum atomic E-state index is 12.0. The van der Waals surface area contributed by atoms with Crippen molar-refractivity contribution in [2.24, 2.45) is 5.92 Å². The number of carbonyl (C=O) groups excluding carboxylic acids is 2. The SMILES string of the molecule is CC(=O)Nc1cccc(N(CC(=O)NCCC(C)C)S(C)(=O)=O)c1. The quantitative estimate of drug-likeness (QED) is 0.740. The lowest BCUT2D eigenvalue weighted by Crippen LogP contribution is -2.40. The van der Waals surface area contributed by atoms with Gasteiger partial charge in [0.15, 0.2) is 0 Å². The minimum Gasteiger partial charge on any atom is -0.355 e. The van der Waals surface area contributed by atoms with Crippen molar-refractivity contribution in [3.63, 3.8) is 0 Å². The fraction of sp³-hybridized carbons (Fsp3) is 0.500. The van der Waals surface area contributed by atoms with Gasteiger partial charge in [-0.2, -0.15) is 0 Å². The van der Waals surface area contributed by atoms with Crippen molar-refractivity contribution >= 4 is 33.2 Å². The van der Waals surface area contributed by atoms with E-state index in [0.29, 0.717) is 23.8 Å². The summed E-state index contributed by atoms with van der Waals surface area (Å²) in [5.41, 5.74) is 0.789. The van der Waals surface area contributed by atoms with Gasteiger partial charge in [-0.15, -0.1) is 0 Å². The number of benzene rings is 1. The lowest BCUT2D eigenvalue weighted by atomic mass is 10.1. The highest BCUT2D eigenvalue weighted by Crippen LogP contribution is 2.21. The summed E-state index contributed by atoms with van der Waals surface area (Å²) in [6.07, 6.45) is 1.86. The normalized spacial score (nSPS) is 11.2. The number of anilines is 2. The molecule has 0 unspecified atom stereocenters. The molecule has 8 heteroatoms. The average molecular weight is 355 g/mol. The first-order chi connectivity index (χ1) is 11.1. The van der Waals surface area contributed by atoms with Crippen LogP contribution in [0.5, 0.6) is 0 Å². The number of nitrogens with one attached hydrogen (secondary N) is 2. The first-order valence-electron chi connectivity index (χ1n) is 7.71. The molecule has 0 aliphatic heterocycles. The molecule has 0 saturated carbocycles. The number of hydrogen-bond donors (Lipinski definition) is 2. The summed E-state index contributed by atoms with van der Waals surface area (Å²) in [7, 11) is -3.64. The van der Waals surface area contributed by atoms with Gasteiger partial charge in [0.1, 0.15) is 6.54 Å². The molecule has 0 atom stereocenters. The smallest absolute Gasteiger partial charge is 0.240 e. The summed E-state index contributed by atoms with van der Waals surface area (Å²) < 4.78 is 25.1. The molecule has 134 valence electrons. The lowest BCUT2D eigenvalue weighted by Gasteiger charge is -2.22. The minimum atomic E-state index is -3.64. The van der Waals surface area contributed by atoms with Gasteiger partial charge >= 0.3 is 0 Å². The zero-order chi connectivity index (χ0) is 18.3. The molecule has 0 spiro atoms. The summed E-state index contributed by atoms with van der Waals surface area (Å²) in [5, 5.41) is 5.31. The van der Waals surface area contributed by atoms with Crippen LogP contribution < -0.4 is 14.9 Å². The fourth-order valence-electron chi connectivity index (χ4n) is 2.03. The molecule has 1 aromatic carbocycles. The first kappa shape index (κ1) is 20.0. The van der Waals surface area contributed by atoms with Crippen LogP contribution in [-0.2, 0) is 19.6 Å². The Morgan fingerprint density at radius 3 is 2.46 bits per heavy atom. The highest BCUT2D eigenvalue weighted by Gasteiger charge is 2.21. The molecule has 0 fully saturated rings. The Kier molecular flexibility index (Phi) is 7.21. The first-order valence-corrected chi connectivity index (χ1v) is 9.56. The minimum absolute atomic E-state index is 0.260. The lowest BCUT2D eigenvalue weighted by molar-refractivity contribution is -0.119. The average Bonchev–Trinajstić information content (AvgIpc) is 2.42. The van der Waals surface area contributed by atoms with Crippen molar-refractivity contribution < 1.29 is 18.0 Å². The van der Waals surface area contributed by atoms with E-state index in [1.807, 2.05) is 13.8 Å². The number of rotatable bonds is 8. The van der Waals surface area contributed by atoms with E-state index in [1.165, 1.54) is 13.0 Å². The molecule has 24 heavy (non-hydrogen) atoms. The molecule has 2 N–H and O–H groups in total. The van der Waals surface area contributed by atoms with Crippen molar-refractivity contribution in [3.05, 3.63) is 24.3 Å². The zero-order valence-electron chi connectivity index (χ0n) is 14.5. The number of nitrogens with zero attached hydrogens (tertiary/aromatic N) is 1. The van der Waals surface area contributed by atoms with E-state index in [0.717, 1.165) is 17.0 Å². The van der Waals surface area contributed by atoms with Crippen LogP contribution in [0.4, 0.5) is 11.4 Å². The molecule has 0 saturated heterocycles. The van der Waals surface area contributed by atoms with Crippen molar-refractivity contribution in [1.82, 2.24) is 5.32 Å². The van der Waals surface area contributed by atoms with Gasteiger partial charge in [-0.3, -0.25) is 13.9 Å². The van der Waals surface area contributed by atoms with Gasteiger partial charge in [0, 0.05) is 19.2 Å². The highest BCUT2D eigenvalue weighted by atomic mass is 32.2. The maximum absolute atomic E-state index is 12.0. The molecule has 0 bridgehead atoms. The third-order valence-corrected chi connectivity index (χ3v) is 4.33. The number of carbonyl (C=O) groups is 2.